The maximum Gasteiger partial charge on any atom is 0.211 e. The molecule has 0 bridgehead atoms. The van der Waals surface area contributed by atoms with Crippen LogP contribution in [-0.4, -0.2) is 55.6 Å². The molecule has 1 saturated heterocycles. The van der Waals surface area contributed by atoms with Crippen molar-refractivity contribution < 1.29 is 8.42 Å². The van der Waals surface area contributed by atoms with Gasteiger partial charge < -0.3 is 4.90 Å². The fraction of sp³-hybridized carbons (Fsp3) is 0.636. The van der Waals surface area contributed by atoms with Crippen LogP contribution < -0.4 is 0 Å². The first-order valence-corrected chi connectivity index (χ1v) is 17.1. The van der Waals surface area contributed by atoms with Gasteiger partial charge in [-0.15, -0.1) is 0 Å². The highest BCUT2D eigenvalue weighted by molar-refractivity contribution is 7.88. The molecule has 1 heterocycles. The second-order valence-corrected chi connectivity index (χ2v) is 14.3. The van der Waals surface area contributed by atoms with Crippen molar-refractivity contribution in [2.45, 2.75) is 95.1 Å². The molecule has 1 aliphatic heterocycles. The van der Waals surface area contributed by atoms with Gasteiger partial charge in [0, 0.05) is 18.6 Å². The first-order chi connectivity index (χ1) is 18.5. The second kappa shape index (κ2) is 13.1. The molecule has 38 heavy (non-hydrogen) atoms. The van der Waals surface area contributed by atoms with E-state index < -0.39 is 10.0 Å². The lowest BCUT2D eigenvalue weighted by Gasteiger charge is -2.37. The number of hydrogen-bond acceptors (Lipinski definition) is 3. The molecule has 0 amide bonds. The molecular weight excluding hydrogens is 488 g/mol. The van der Waals surface area contributed by atoms with Crippen LogP contribution in [0, 0.1) is 11.8 Å². The van der Waals surface area contributed by atoms with Gasteiger partial charge >= 0.3 is 0 Å². The van der Waals surface area contributed by atoms with Crippen LogP contribution in [0.15, 0.2) is 60.7 Å². The third kappa shape index (κ3) is 7.28. The van der Waals surface area contributed by atoms with Crippen molar-refractivity contribution in [3.63, 3.8) is 0 Å². The van der Waals surface area contributed by atoms with Gasteiger partial charge in [-0.25, -0.2) is 8.42 Å². The van der Waals surface area contributed by atoms with Crippen molar-refractivity contribution in [3.8, 4) is 0 Å². The first kappa shape index (κ1) is 27.9. The predicted octanol–water partition coefficient (Wildman–Crippen LogP) is 6.88. The quantitative estimate of drug-likeness (QED) is 0.332. The lowest BCUT2D eigenvalue weighted by Crippen LogP contribution is -2.46. The lowest BCUT2D eigenvalue weighted by molar-refractivity contribution is 0.147. The smallest absolute Gasteiger partial charge is 0.211 e. The van der Waals surface area contributed by atoms with Gasteiger partial charge in [0.15, 0.2) is 0 Å². The number of sulfonamides is 1. The van der Waals surface area contributed by atoms with Crippen LogP contribution in [0.1, 0.15) is 87.7 Å². The zero-order valence-electron chi connectivity index (χ0n) is 23.4. The van der Waals surface area contributed by atoms with E-state index >= 15 is 0 Å². The van der Waals surface area contributed by atoms with E-state index in [1.165, 1.54) is 69.0 Å². The normalized spacial score (nSPS) is 26.2. The largest absolute Gasteiger partial charge is 0.303 e. The summed E-state index contributed by atoms with van der Waals surface area (Å²) < 4.78 is 28.1. The molecule has 2 aromatic rings. The summed E-state index contributed by atoms with van der Waals surface area (Å²) >= 11 is 0. The predicted molar refractivity (Wildman–Crippen MR) is 158 cm³/mol. The van der Waals surface area contributed by atoms with Gasteiger partial charge in [-0.05, 0) is 93.3 Å². The Morgan fingerprint density at radius 1 is 0.816 bits per heavy atom. The Kier molecular flexibility index (Phi) is 9.61. The monoisotopic (exact) mass is 536 g/mol. The number of rotatable bonds is 10. The Hall–Kier alpha value is -1.69. The molecule has 0 radical (unpaired) electrons. The highest BCUT2D eigenvalue weighted by Crippen LogP contribution is 2.45. The van der Waals surface area contributed by atoms with Crippen molar-refractivity contribution in [2.24, 2.45) is 11.8 Å². The Labute approximate surface area is 231 Å². The van der Waals surface area contributed by atoms with Crippen LogP contribution in [0.3, 0.4) is 0 Å². The molecule has 2 saturated carbocycles. The molecule has 3 aliphatic rings. The van der Waals surface area contributed by atoms with E-state index in [2.05, 4.69) is 65.6 Å². The van der Waals surface area contributed by atoms with Crippen LogP contribution in [0.2, 0.25) is 0 Å². The molecule has 5 heteroatoms. The van der Waals surface area contributed by atoms with E-state index in [4.69, 9.17) is 0 Å². The van der Waals surface area contributed by atoms with Crippen LogP contribution in [-0.2, 0) is 16.4 Å². The molecule has 2 aromatic carbocycles. The molecule has 0 N–H and O–H groups in total. The van der Waals surface area contributed by atoms with E-state index in [0.29, 0.717) is 11.8 Å². The minimum Gasteiger partial charge on any atom is -0.303 e. The van der Waals surface area contributed by atoms with Gasteiger partial charge in [0.2, 0.25) is 10.0 Å². The van der Waals surface area contributed by atoms with E-state index in [0.717, 1.165) is 51.0 Å². The molecule has 3 atom stereocenters. The molecule has 2 aliphatic carbocycles. The SMILES string of the molecule is CS(=O)(=O)N(C1CCCCC1)C1C[C@H](CN2CCC(CCCc3ccccc3)CC2)[C@@H](c2ccccc2)C1. The van der Waals surface area contributed by atoms with Gasteiger partial charge in [-0.1, -0.05) is 86.3 Å². The summed E-state index contributed by atoms with van der Waals surface area (Å²) in [6.07, 6.45) is 15.5. The highest BCUT2D eigenvalue weighted by atomic mass is 32.2. The zero-order chi connectivity index (χ0) is 26.4. The van der Waals surface area contributed by atoms with E-state index in [1.807, 2.05) is 4.31 Å². The van der Waals surface area contributed by atoms with Crippen molar-refractivity contribution in [1.82, 2.24) is 9.21 Å². The summed E-state index contributed by atoms with van der Waals surface area (Å²) in [4.78, 5) is 2.70. The molecule has 3 fully saturated rings. The average Bonchev–Trinajstić information content (AvgIpc) is 3.33. The van der Waals surface area contributed by atoms with Crippen LogP contribution in [0.4, 0.5) is 0 Å². The van der Waals surface area contributed by atoms with Crippen LogP contribution in [0.5, 0.6) is 0 Å². The minimum absolute atomic E-state index is 0.138. The number of piperidine rings is 1. The zero-order valence-corrected chi connectivity index (χ0v) is 24.2. The summed E-state index contributed by atoms with van der Waals surface area (Å²) in [6, 6.07) is 22.2. The van der Waals surface area contributed by atoms with Gasteiger partial charge in [0.05, 0.1) is 6.26 Å². The number of aryl methyl sites for hydroxylation is 1. The molecule has 0 spiro atoms. The Morgan fingerprint density at radius 3 is 2.13 bits per heavy atom. The average molecular weight is 537 g/mol. The maximum absolute atomic E-state index is 13.1. The first-order valence-electron chi connectivity index (χ1n) is 15.3. The maximum atomic E-state index is 13.1. The van der Waals surface area contributed by atoms with E-state index in [1.54, 1.807) is 0 Å². The van der Waals surface area contributed by atoms with Gasteiger partial charge in [0.25, 0.3) is 0 Å². The van der Waals surface area contributed by atoms with Crippen molar-refractivity contribution >= 4 is 10.0 Å². The lowest BCUT2D eigenvalue weighted by atomic mass is 9.87. The Bertz CT molecular complexity index is 1080. The second-order valence-electron chi connectivity index (χ2n) is 12.4. The van der Waals surface area contributed by atoms with Crippen molar-refractivity contribution in [3.05, 3.63) is 71.8 Å². The topological polar surface area (TPSA) is 40.6 Å². The highest BCUT2D eigenvalue weighted by Gasteiger charge is 2.44. The third-order valence-corrected chi connectivity index (χ3v) is 11.1. The van der Waals surface area contributed by atoms with Gasteiger partial charge in [-0.3, -0.25) is 0 Å². The number of likely N-dealkylation sites (tertiary alicyclic amines) is 1. The van der Waals surface area contributed by atoms with Crippen molar-refractivity contribution in [1.29, 1.82) is 0 Å². The minimum atomic E-state index is -3.23. The standard InChI is InChI=1S/C33H48N2O2S/c1-38(36,37)35(31-18-9-4-10-19-31)32-24-30(33(25-32)29-16-7-3-8-17-29)26-34-22-20-28(21-23-34)15-11-14-27-12-5-2-6-13-27/h2-3,5-8,12-13,16-17,28,30-33H,4,9-11,14-15,18-26H2,1H3/t30-,32?,33-/m1/s1. The van der Waals surface area contributed by atoms with Crippen molar-refractivity contribution in [2.75, 3.05) is 25.9 Å². The van der Waals surface area contributed by atoms with Crippen LogP contribution in [0.25, 0.3) is 0 Å². The number of hydrogen-bond donors (Lipinski definition) is 0. The third-order valence-electron chi connectivity index (χ3n) is 9.70. The summed E-state index contributed by atoms with van der Waals surface area (Å²) in [5, 5.41) is 0. The van der Waals surface area contributed by atoms with Gasteiger partial charge in [-0.2, -0.15) is 4.31 Å². The molecule has 5 rings (SSSR count). The fourth-order valence-corrected chi connectivity index (χ4v) is 9.28. The summed E-state index contributed by atoms with van der Waals surface area (Å²) in [6.45, 7) is 3.49. The van der Waals surface area contributed by atoms with Crippen LogP contribution >= 0.6 is 0 Å². The number of benzene rings is 2. The molecule has 208 valence electrons. The summed E-state index contributed by atoms with van der Waals surface area (Å²) in [7, 11) is -3.23. The molecule has 0 aromatic heterocycles. The fourth-order valence-electron chi connectivity index (χ4n) is 7.82. The summed E-state index contributed by atoms with van der Waals surface area (Å²) in [5.41, 5.74) is 2.86. The molecule has 1 unspecified atom stereocenters. The van der Waals surface area contributed by atoms with E-state index in [-0.39, 0.29) is 12.1 Å². The number of nitrogens with zero attached hydrogens (tertiary/aromatic N) is 2. The Balaban J connectivity index is 1.20. The van der Waals surface area contributed by atoms with E-state index in [9.17, 15) is 8.42 Å². The summed E-state index contributed by atoms with van der Waals surface area (Å²) in [5.74, 6) is 1.81. The Morgan fingerprint density at radius 2 is 1.47 bits per heavy atom. The van der Waals surface area contributed by atoms with Gasteiger partial charge in [0.1, 0.15) is 0 Å². The molecular formula is C33H48N2O2S. The molecule has 4 nitrogen and oxygen atoms in total.